The molecule has 0 aliphatic carbocycles. The number of carbonyl (C=O) groups is 2. The van der Waals surface area contributed by atoms with Gasteiger partial charge in [-0.05, 0) is 18.3 Å². The summed E-state index contributed by atoms with van der Waals surface area (Å²) >= 11 is 0. The Morgan fingerprint density at radius 3 is 2.07 bits per heavy atom. The van der Waals surface area contributed by atoms with Gasteiger partial charge in [0.25, 0.3) is 0 Å². The molecule has 2 unspecified atom stereocenters. The van der Waals surface area contributed by atoms with Crippen molar-refractivity contribution in [3.8, 4) is 0 Å². The highest BCUT2D eigenvalue weighted by atomic mass is 16.4. The highest BCUT2D eigenvalue weighted by molar-refractivity contribution is 5.67. The maximum atomic E-state index is 10.5. The molecular weight excluding hydrogens is 196 g/mol. The van der Waals surface area contributed by atoms with E-state index >= 15 is 0 Å². The molecule has 0 saturated carbocycles. The Bertz CT molecular complexity index is 213. The number of rotatable bonds is 8. The van der Waals surface area contributed by atoms with Gasteiger partial charge in [0.05, 0.1) is 0 Å². The van der Waals surface area contributed by atoms with Crippen LogP contribution in [0.25, 0.3) is 0 Å². The van der Waals surface area contributed by atoms with Crippen LogP contribution in [-0.4, -0.2) is 22.2 Å². The lowest BCUT2D eigenvalue weighted by Crippen LogP contribution is -2.12. The van der Waals surface area contributed by atoms with Crippen molar-refractivity contribution in [3.63, 3.8) is 0 Å². The lowest BCUT2D eigenvalue weighted by atomic mass is 9.88. The Labute approximate surface area is 90.3 Å². The summed E-state index contributed by atoms with van der Waals surface area (Å²) in [5.41, 5.74) is 0. The van der Waals surface area contributed by atoms with Gasteiger partial charge < -0.3 is 10.2 Å². The number of hydrogen-bond donors (Lipinski definition) is 2. The Morgan fingerprint density at radius 2 is 1.60 bits per heavy atom. The van der Waals surface area contributed by atoms with Crippen LogP contribution < -0.4 is 0 Å². The van der Waals surface area contributed by atoms with E-state index in [2.05, 4.69) is 0 Å². The van der Waals surface area contributed by atoms with Crippen molar-refractivity contribution in [2.24, 2.45) is 11.8 Å². The lowest BCUT2D eigenvalue weighted by molar-refractivity contribution is -0.138. The fraction of sp³-hybridized carbons (Fsp3) is 0.818. The molecule has 0 spiro atoms. The third-order valence-corrected chi connectivity index (χ3v) is 2.77. The van der Waals surface area contributed by atoms with Gasteiger partial charge in [0, 0.05) is 12.8 Å². The summed E-state index contributed by atoms with van der Waals surface area (Å²) in [6.45, 7) is 3.95. The summed E-state index contributed by atoms with van der Waals surface area (Å²) in [4.78, 5) is 20.7. The zero-order valence-corrected chi connectivity index (χ0v) is 9.40. The third-order valence-electron chi connectivity index (χ3n) is 2.77. The summed E-state index contributed by atoms with van der Waals surface area (Å²) in [5, 5.41) is 17.0. The minimum absolute atomic E-state index is 0.160. The predicted molar refractivity (Wildman–Crippen MR) is 56.7 cm³/mol. The second-order valence-corrected chi connectivity index (χ2v) is 4.19. The first-order chi connectivity index (χ1) is 6.93. The number of aliphatic carboxylic acids is 2. The molecule has 4 heteroatoms. The van der Waals surface area contributed by atoms with E-state index in [0.29, 0.717) is 12.3 Å². The zero-order valence-electron chi connectivity index (χ0n) is 9.40. The van der Waals surface area contributed by atoms with Crippen molar-refractivity contribution in [2.75, 3.05) is 0 Å². The van der Waals surface area contributed by atoms with Crippen LogP contribution in [0.4, 0.5) is 0 Å². The number of carboxylic acids is 2. The van der Waals surface area contributed by atoms with Gasteiger partial charge in [-0.25, -0.2) is 0 Å². The highest BCUT2D eigenvalue weighted by Crippen LogP contribution is 2.21. The molecule has 0 saturated heterocycles. The van der Waals surface area contributed by atoms with E-state index in [1.165, 1.54) is 0 Å². The average Bonchev–Trinajstić information content (AvgIpc) is 2.10. The van der Waals surface area contributed by atoms with Crippen molar-refractivity contribution in [3.05, 3.63) is 0 Å². The Balaban J connectivity index is 3.59. The summed E-state index contributed by atoms with van der Waals surface area (Å²) in [6, 6.07) is 0. The second kappa shape index (κ2) is 7.26. The molecule has 0 aliphatic rings. The minimum Gasteiger partial charge on any atom is -0.481 e. The smallest absolute Gasteiger partial charge is 0.303 e. The highest BCUT2D eigenvalue weighted by Gasteiger charge is 2.15. The molecule has 88 valence electrons. The molecule has 0 aromatic heterocycles. The molecule has 0 bridgehead atoms. The third kappa shape index (κ3) is 7.97. The number of unbranched alkanes of at least 4 members (excludes halogenated alkanes) is 1. The molecule has 0 aromatic carbocycles. The van der Waals surface area contributed by atoms with Gasteiger partial charge in [0.2, 0.25) is 0 Å². The molecule has 0 amide bonds. The molecule has 15 heavy (non-hydrogen) atoms. The fourth-order valence-electron chi connectivity index (χ4n) is 1.50. The maximum Gasteiger partial charge on any atom is 0.303 e. The number of hydrogen-bond acceptors (Lipinski definition) is 2. The van der Waals surface area contributed by atoms with E-state index in [4.69, 9.17) is 10.2 Å². The monoisotopic (exact) mass is 216 g/mol. The Morgan fingerprint density at radius 1 is 1.00 bits per heavy atom. The zero-order chi connectivity index (χ0) is 11.8. The van der Waals surface area contributed by atoms with Gasteiger partial charge in [-0.15, -0.1) is 0 Å². The SMILES string of the molecule is CC(CCCCC(=O)O)C(C)CC(=O)O. The van der Waals surface area contributed by atoms with E-state index in [0.717, 1.165) is 12.8 Å². The predicted octanol–water partition coefficient (Wildman–Crippen LogP) is 2.38. The van der Waals surface area contributed by atoms with Crippen molar-refractivity contribution in [2.45, 2.75) is 46.0 Å². The summed E-state index contributed by atoms with van der Waals surface area (Å²) in [7, 11) is 0. The van der Waals surface area contributed by atoms with E-state index < -0.39 is 11.9 Å². The first-order valence-electron chi connectivity index (χ1n) is 5.37. The van der Waals surface area contributed by atoms with Crippen LogP contribution in [0.5, 0.6) is 0 Å². The van der Waals surface area contributed by atoms with Crippen LogP contribution in [0, 0.1) is 11.8 Å². The van der Waals surface area contributed by atoms with Crippen molar-refractivity contribution >= 4 is 11.9 Å². The summed E-state index contributed by atoms with van der Waals surface area (Å²) in [5.74, 6) is -1.02. The quantitative estimate of drug-likeness (QED) is 0.611. The lowest BCUT2D eigenvalue weighted by Gasteiger charge is -2.17. The molecule has 2 atom stereocenters. The van der Waals surface area contributed by atoms with Crippen LogP contribution in [-0.2, 0) is 9.59 Å². The maximum absolute atomic E-state index is 10.5. The summed E-state index contributed by atoms with van der Waals surface area (Å²) in [6.07, 6.45) is 2.85. The minimum atomic E-state index is -0.764. The van der Waals surface area contributed by atoms with E-state index in [1.807, 2.05) is 13.8 Å². The van der Waals surface area contributed by atoms with Crippen LogP contribution >= 0.6 is 0 Å². The molecule has 0 heterocycles. The average molecular weight is 216 g/mol. The van der Waals surface area contributed by atoms with Crippen molar-refractivity contribution < 1.29 is 19.8 Å². The van der Waals surface area contributed by atoms with Gasteiger partial charge in [-0.3, -0.25) is 9.59 Å². The number of carboxylic acid groups (broad SMARTS) is 2. The first kappa shape index (κ1) is 13.9. The van der Waals surface area contributed by atoms with Crippen LogP contribution in [0.1, 0.15) is 46.0 Å². The van der Waals surface area contributed by atoms with Crippen molar-refractivity contribution in [1.82, 2.24) is 0 Å². The summed E-state index contributed by atoms with van der Waals surface area (Å²) < 4.78 is 0. The molecule has 0 rings (SSSR count). The van der Waals surface area contributed by atoms with Gasteiger partial charge in [0.1, 0.15) is 0 Å². The van der Waals surface area contributed by atoms with Crippen molar-refractivity contribution in [1.29, 1.82) is 0 Å². The Kier molecular flexibility index (Phi) is 6.75. The molecular formula is C11H20O4. The van der Waals surface area contributed by atoms with Crippen LogP contribution in [0.2, 0.25) is 0 Å². The second-order valence-electron chi connectivity index (χ2n) is 4.19. The molecule has 4 nitrogen and oxygen atoms in total. The molecule has 0 fully saturated rings. The van der Waals surface area contributed by atoms with E-state index in [-0.39, 0.29) is 18.8 Å². The topological polar surface area (TPSA) is 74.6 Å². The molecule has 0 radical (unpaired) electrons. The van der Waals surface area contributed by atoms with Gasteiger partial charge in [0.15, 0.2) is 0 Å². The van der Waals surface area contributed by atoms with Gasteiger partial charge >= 0.3 is 11.9 Å². The largest absolute Gasteiger partial charge is 0.481 e. The van der Waals surface area contributed by atoms with E-state index in [1.54, 1.807) is 0 Å². The molecule has 0 aliphatic heterocycles. The normalized spacial score (nSPS) is 14.5. The van der Waals surface area contributed by atoms with Crippen LogP contribution in [0.15, 0.2) is 0 Å². The van der Waals surface area contributed by atoms with E-state index in [9.17, 15) is 9.59 Å². The Hall–Kier alpha value is -1.06. The first-order valence-corrected chi connectivity index (χ1v) is 5.37. The molecule has 2 N–H and O–H groups in total. The molecule has 0 aromatic rings. The van der Waals surface area contributed by atoms with Crippen LogP contribution in [0.3, 0.4) is 0 Å². The van der Waals surface area contributed by atoms with Gasteiger partial charge in [-0.2, -0.15) is 0 Å². The van der Waals surface area contributed by atoms with Gasteiger partial charge in [-0.1, -0.05) is 26.7 Å². The standard InChI is InChI=1S/C11H20O4/c1-8(9(2)7-11(14)15)5-3-4-6-10(12)13/h8-9H,3-7H2,1-2H3,(H,12,13)(H,14,15). The fourth-order valence-corrected chi connectivity index (χ4v) is 1.50.